The number of piperazine rings is 1. The Kier molecular flexibility index (Phi) is 6.84. The van der Waals surface area contributed by atoms with Gasteiger partial charge >= 0.3 is 6.09 Å². The van der Waals surface area contributed by atoms with Crippen LogP contribution in [-0.4, -0.2) is 96.6 Å². The van der Waals surface area contributed by atoms with Gasteiger partial charge in [-0.05, 0) is 63.7 Å². The van der Waals surface area contributed by atoms with E-state index in [-0.39, 0.29) is 42.5 Å². The van der Waals surface area contributed by atoms with Crippen molar-refractivity contribution in [2.24, 2.45) is 11.8 Å². The van der Waals surface area contributed by atoms with Gasteiger partial charge in [0.15, 0.2) is 0 Å². The van der Waals surface area contributed by atoms with E-state index in [1.807, 2.05) is 9.80 Å². The maximum absolute atomic E-state index is 13.4. The predicted molar refractivity (Wildman–Crippen MR) is 123 cm³/mol. The smallest absolute Gasteiger partial charge is 0.410 e. The van der Waals surface area contributed by atoms with Crippen LogP contribution in [0.5, 0.6) is 0 Å². The zero-order valence-electron chi connectivity index (χ0n) is 20.4. The number of carbonyl (C=O) groups excluding carboxylic acids is 2. The Morgan fingerprint density at radius 1 is 0.939 bits per heavy atom. The SMILES string of the molecule is COC1CCC(OC(=O)N2C[C@H](C)N(C(C)=O)C3CCC(C4CNN(C5CC5)C4)CC32)CN1. The fraction of sp³-hybridized carbons (Fsp3) is 0.917. The highest BCUT2D eigenvalue weighted by Crippen LogP contribution is 2.41. The molecule has 7 atom stereocenters. The molecule has 5 aliphatic rings. The quantitative estimate of drug-likeness (QED) is 0.654. The van der Waals surface area contributed by atoms with Crippen LogP contribution >= 0.6 is 0 Å². The summed E-state index contributed by atoms with van der Waals surface area (Å²) in [5.41, 5.74) is 3.61. The lowest BCUT2D eigenvalue weighted by Crippen LogP contribution is -2.67. The number of piperidine rings is 1. The lowest BCUT2D eigenvalue weighted by Gasteiger charge is -2.54. The molecule has 0 aromatic carbocycles. The van der Waals surface area contributed by atoms with Crippen LogP contribution in [0.1, 0.15) is 58.8 Å². The van der Waals surface area contributed by atoms with Crippen LogP contribution in [-0.2, 0) is 14.3 Å². The fourth-order valence-electron chi connectivity index (χ4n) is 6.75. The summed E-state index contributed by atoms with van der Waals surface area (Å²) in [7, 11) is 1.70. The Labute approximate surface area is 197 Å². The van der Waals surface area contributed by atoms with Gasteiger partial charge in [0.1, 0.15) is 12.3 Å². The minimum Gasteiger partial charge on any atom is -0.445 e. The average molecular weight is 464 g/mol. The van der Waals surface area contributed by atoms with E-state index in [9.17, 15) is 9.59 Å². The Bertz CT molecular complexity index is 726. The average Bonchev–Trinajstić information content (AvgIpc) is 3.54. The Balaban J connectivity index is 1.27. The van der Waals surface area contributed by atoms with E-state index < -0.39 is 0 Å². The molecule has 3 heterocycles. The van der Waals surface area contributed by atoms with Crippen molar-refractivity contribution in [1.29, 1.82) is 0 Å². The van der Waals surface area contributed by atoms with Crippen LogP contribution in [0, 0.1) is 11.8 Å². The molecule has 2 amide bonds. The molecule has 2 N–H and O–H groups in total. The Morgan fingerprint density at radius 2 is 1.76 bits per heavy atom. The first kappa shape index (κ1) is 23.3. The van der Waals surface area contributed by atoms with Crippen molar-refractivity contribution in [2.75, 3.05) is 33.3 Å². The highest BCUT2D eigenvalue weighted by Gasteiger charge is 2.49. The van der Waals surface area contributed by atoms with E-state index in [2.05, 4.69) is 22.7 Å². The van der Waals surface area contributed by atoms with Crippen molar-refractivity contribution in [3.8, 4) is 0 Å². The molecule has 0 bridgehead atoms. The van der Waals surface area contributed by atoms with E-state index in [0.717, 1.165) is 51.2 Å². The summed E-state index contributed by atoms with van der Waals surface area (Å²) in [5.74, 6) is 1.30. The molecule has 5 fully saturated rings. The van der Waals surface area contributed by atoms with Gasteiger partial charge in [0.05, 0.1) is 12.1 Å². The number of hydrazine groups is 1. The molecule has 2 aliphatic carbocycles. The van der Waals surface area contributed by atoms with Gasteiger partial charge in [-0.3, -0.25) is 15.5 Å². The van der Waals surface area contributed by atoms with Crippen LogP contribution in [0.25, 0.3) is 0 Å². The van der Waals surface area contributed by atoms with E-state index in [4.69, 9.17) is 9.47 Å². The number of ether oxygens (including phenoxy) is 2. The second-order valence-corrected chi connectivity index (χ2v) is 10.9. The van der Waals surface area contributed by atoms with E-state index >= 15 is 0 Å². The molecule has 186 valence electrons. The van der Waals surface area contributed by atoms with Crippen LogP contribution in [0.15, 0.2) is 0 Å². The molecule has 9 nitrogen and oxygen atoms in total. The monoisotopic (exact) mass is 463 g/mol. The Hall–Kier alpha value is -1.42. The largest absolute Gasteiger partial charge is 0.445 e. The second kappa shape index (κ2) is 9.68. The third kappa shape index (κ3) is 4.88. The van der Waals surface area contributed by atoms with Crippen LogP contribution < -0.4 is 10.7 Å². The van der Waals surface area contributed by atoms with Crippen molar-refractivity contribution in [3.05, 3.63) is 0 Å². The van der Waals surface area contributed by atoms with Crippen LogP contribution in [0.4, 0.5) is 4.79 Å². The molecule has 6 unspecified atom stereocenters. The van der Waals surface area contributed by atoms with Crippen molar-refractivity contribution >= 4 is 12.0 Å². The number of carbonyl (C=O) groups is 2. The molecular formula is C24H41N5O4. The first-order chi connectivity index (χ1) is 15.9. The zero-order chi connectivity index (χ0) is 23.1. The molecule has 9 heteroatoms. The minimum absolute atomic E-state index is 0.00806. The summed E-state index contributed by atoms with van der Waals surface area (Å²) in [4.78, 5) is 29.9. The first-order valence-electron chi connectivity index (χ1n) is 13.0. The van der Waals surface area contributed by atoms with Crippen molar-refractivity contribution in [1.82, 2.24) is 25.6 Å². The summed E-state index contributed by atoms with van der Waals surface area (Å²) in [6, 6.07) is 0.859. The number of methoxy groups -OCH3 is 1. The van der Waals surface area contributed by atoms with Crippen molar-refractivity contribution < 1.29 is 19.1 Å². The highest BCUT2D eigenvalue weighted by molar-refractivity contribution is 5.75. The molecule has 0 aromatic rings. The second-order valence-electron chi connectivity index (χ2n) is 10.9. The van der Waals surface area contributed by atoms with Gasteiger partial charge in [-0.2, -0.15) is 0 Å². The molecule has 0 spiro atoms. The maximum atomic E-state index is 13.4. The number of hydrogen-bond donors (Lipinski definition) is 2. The van der Waals surface area contributed by atoms with E-state index in [1.54, 1.807) is 14.0 Å². The standard InChI is InChI=1S/C24H41N5O4/c1-15-13-27(24(31)33-20-7-9-23(32-3)25-12-20)22-10-17(4-8-21(22)29(15)16(2)30)18-11-26-28(14-18)19-5-6-19/h15,17-23,25-26H,4-14H2,1-3H3/t15-,17?,18?,20?,21?,22?,23?/m0/s1. The topological polar surface area (TPSA) is 86.4 Å². The molecule has 5 rings (SSSR count). The first-order valence-corrected chi connectivity index (χ1v) is 13.0. The number of nitrogens with zero attached hydrogens (tertiary/aromatic N) is 3. The van der Waals surface area contributed by atoms with E-state index in [1.165, 1.54) is 12.8 Å². The molecule has 3 aliphatic heterocycles. The number of amides is 2. The zero-order valence-corrected chi connectivity index (χ0v) is 20.4. The lowest BCUT2D eigenvalue weighted by molar-refractivity contribution is -0.142. The summed E-state index contributed by atoms with van der Waals surface area (Å²) >= 11 is 0. The molecule has 3 saturated heterocycles. The van der Waals surface area contributed by atoms with Gasteiger partial charge in [0.25, 0.3) is 0 Å². The van der Waals surface area contributed by atoms with Crippen molar-refractivity contribution in [3.63, 3.8) is 0 Å². The summed E-state index contributed by atoms with van der Waals surface area (Å²) in [6.45, 7) is 7.03. The van der Waals surface area contributed by atoms with Gasteiger partial charge < -0.3 is 19.3 Å². The number of hydrogen-bond acceptors (Lipinski definition) is 7. The lowest BCUT2D eigenvalue weighted by atomic mass is 9.73. The summed E-state index contributed by atoms with van der Waals surface area (Å²) in [6.07, 6.45) is 6.99. The number of nitrogens with one attached hydrogen (secondary N) is 2. The Morgan fingerprint density at radius 3 is 2.42 bits per heavy atom. The molecule has 0 aromatic heterocycles. The van der Waals surface area contributed by atoms with Gasteiger partial charge in [-0.1, -0.05) is 0 Å². The maximum Gasteiger partial charge on any atom is 0.410 e. The summed E-state index contributed by atoms with van der Waals surface area (Å²) in [5, 5.41) is 5.74. The number of fused-ring (bicyclic) bond motifs is 1. The third-order valence-corrected chi connectivity index (χ3v) is 8.63. The predicted octanol–water partition coefficient (Wildman–Crippen LogP) is 1.54. The van der Waals surface area contributed by atoms with Crippen molar-refractivity contribution in [2.45, 2.75) is 95.3 Å². The minimum atomic E-state index is -0.215. The summed E-state index contributed by atoms with van der Waals surface area (Å²) < 4.78 is 11.3. The van der Waals surface area contributed by atoms with Gasteiger partial charge in [0, 0.05) is 52.3 Å². The van der Waals surface area contributed by atoms with Crippen LogP contribution in [0.2, 0.25) is 0 Å². The molecule has 33 heavy (non-hydrogen) atoms. The van der Waals surface area contributed by atoms with E-state index in [0.29, 0.717) is 24.9 Å². The molecule has 2 saturated carbocycles. The number of rotatable bonds is 4. The fourth-order valence-corrected chi connectivity index (χ4v) is 6.75. The molecule has 0 radical (unpaired) electrons. The normalized spacial score (nSPS) is 39.9. The highest BCUT2D eigenvalue weighted by atomic mass is 16.6. The van der Waals surface area contributed by atoms with Gasteiger partial charge in [0.2, 0.25) is 5.91 Å². The van der Waals surface area contributed by atoms with Crippen LogP contribution in [0.3, 0.4) is 0 Å². The third-order valence-electron chi connectivity index (χ3n) is 8.63. The molecular weight excluding hydrogens is 422 g/mol. The van der Waals surface area contributed by atoms with Gasteiger partial charge in [-0.15, -0.1) is 0 Å². The van der Waals surface area contributed by atoms with Gasteiger partial charge in [-0.25, -0.2) is 9.80 Å².